The van der Waals surface area contributed by atoms with Crippen LogP contribution in [0.3, 0.4) is 0 Å². The largest absolute Gasteiger partial charge is 1.00 e. The Morgan fingerprint density at radius 1 is 1.58 bits per heavy atom. The Morgan fingerprint density at radius 2 is 2.17 bits per heavy atom. The van der Waals surface area contributed by atoms with Gasteiger partial charge in [-0.25, -0.2) is 0 Å². The molecule has 0 N–H and O–H groups in total. The number of hydrogen-bond acceptors (Lipinski definition) is 7. The molecular weight excluding hydrogens is 291 g/mol. The minimum Gasteiger partial charge on any atom is -0.541 e. The molecule has 0 bridgehead atoms. The van der Waals surface area contributed by atoms with Crippen molar-refractivity contribution in [1.29, 1.82) is 0 Å². The van der Waals surface area contributed by atoms with Crippen LogP contribution in [0.1, 0.15) is 10.6 Å². The van der Waals surface area contributed by atoms with E-state index in [0.717, 1.165) is 0 Å². The van der Waals surface area contributed by atoms with E-state index < -0.39 is 16.8 Å². The van der Waals surface area contributed by atoms with E-state index in [1.807, 2.05) is 0 Å². The maximum atomic E-state index is 10.0. The molecule has 1 heterocycles. The average Bonchev–Trinajstić information content (AvgIpc) is 2.32. The molecule has 0 radical (unpaired) electrons. The number of hydrogen-bond donors (Lipinski definition) is 0. The number of rotatable bonds is 2. The molecule has 0 saturated carbocycles. The normalized spacial score (nSPS) is 8.67. The summed E-state index contributed by atoms with van der Waals surface area (Å²) in [4.78, 5) is 19.8. The Hall–Kier alpha value is -0.00805. The maximum absolute atomic E-state index is 10.0. The molecule has 12 heavy (non-hydrogen) atoms. The first kappa shape index (κ1) is 12.0. The van der Waals surface area contributed by atoms with Crippen LogP contribution < -0.4 is 74.0 Å². The standard InChI is InChI=1S/C2HN5O4.Cs/c8-2(9)1-3-4-5-6(1)7(10)11;/h(H,8,9);/q;+1/p-1. The summed E-state index contributed by atoms with van der Waals surface area (Å²) in [6.07, 6.45) is 0. The van der Waals surface area contributed by atoms with Gasteiger partial charge in [0.05, 0.1) is 9.82 Å². The molecule has 0 aliphatic rings. The van der Waals surface area contributed by atoms with Crippen molar-refractivity contribution in [3.63, 3.8) is 0 Å². The van der Waals surface area contributed by atoms with E-state index in [9.17, 15) is 20.0 Å². The second-order valence-electron chi connectivity index (χ2n) is 1.42. The van der Waals surface area contributed by atoms with Crippen LogP contribution in [-0.4, -0.2) is 31.3 Å². The molecule has 0 atom stereocenters. The quantitative estimate of drug-likeness (QED) is 0.392. The Morgan fingerprint density at radius 3 is 2.50 bits per heavy atom. The third-order valence-electron chi connectivity index (χ3n) is 0.791. The van der Waals surface area contributed by atoms with E-state index in [4.69, 9.17) is 0 Å². The molecule has 10 heteroatoms. The Bertz CT molecular complexity index is 280. The fraction of sp³-hybridized carbons (Fsp3) is 0. The van der Waals surface area contributed by atoms with Crippen LogP contribution in [0.15, 0.2) is 0 Å². The van der Waals surface area contributed by atoms with Crippen LogP contribution >= 0.6 is 0 Å². The fourth-order valence-corrected chi connectivity index (χ4v) is 0.415. The van der Waals surface area contributed by atoms with Gasteiger partial charge in [0.2, 0.25) is 5.21 Å². The van der Waals surface area contributed by atoms with Crippen LogP contribution in [0, 0.1) is 10.1 Å². The van der Waals surface area contributed by atoms with E-state index in [2.05, 4.69) is 15.5 Å². The number of tetrazole rings is 1. The van der Waals surface area contributed by atoms with Gasteiger partial charge < -0.3 is 20.0 Å². The van der Waals surface area contributed by atoms with Gasteiger partial charge in [0, 0.05) is 0 Å². The molecule has 1 aromatic rings. The number of carbonyl (C=O) groups is 1. The average molecular weight is 291 g/mol. The van der Waals surface area contributed by atoms with Gasteiger partial charge in [0.15, 0.2) is 0 Å². The summed E-state index contributed by atoms with van der Waals surface area (Å²) in [7, 11) is 0. The summed E-state index contributed by atoms with van der Waals surface area (Å²) < 4.78 is 0. The van der Waals surface area contributed by atoms with Crippen molar-refractivity contribution in [2.24, 2.45) is 0 Å². The van der Waals surface area contributed by atoms with Crippen molar-refractivity contribution in [2.75, 3.05) is 0 Å². The van der Waals surface area contributed by atoms with Gasteiger partial charge in [-0.15, -0.1) is 0 Å². The second kappa shape index (κ2) is 4.88. The predicted molar refractivity (Wildman–Crippen MR) is 24.5 cm³/mol. The first-order valence-corrected chi connectivity index (χ1v) is 2.27. The second-order valence-corrected chi connectivity index (χ2v) is 1.42. The molecule has 0 aromatic carbocycles. The summed E-state index contributed by atoms with van der Waals surface area (Å²) in [6.45, 7) is 0. The van der Waals surface area contributed by atoms with E-state index in [1.165, 1.54) is 0 Å². The number of nitrogens with zero attached hydrogens (tertiary/aromatic N) is 5. The SMILES string of the molecule is O=C([O-])c1nnnn1[N+](=O)[O-].[Cs+]. The van der Waals surface area contributed by atoms with Crippen LogP contribution in [0.25, 0.3) is 0 Å². The summed E-state index contributed by atoms with van der Waals surface area (Å²) in [6, 6.07) is 0. The maximum Gasteiger partial charge on any atom is 1.00 e. The molecule has 0 unspecified atom stereocenters. The molecule has 0 amide bonds. The van der Waals surface area contributed by atoms with Crippen molar-refractivity contribution < 1.29 is 83.8 Å². The zero-order chi connectivity index (χ0) is 8.43. The van der Waals surface area contributed by atoms with Gasteiger partial charge in [0.25, 0.3) is 5.82 Å². The zero-order valence-electron chi connectivity index (χ0n) is 5.87. The van der Waals surface area contributed by atoms with Crippen molar-refractivity contribution in [3.8, 4) is 0 Å². The third kappa shape index (κ3) is 2.50. The van der Waals surface area contributed by atoms with Gasteiger partial charge in [-0.1, -0.05) is 5.10 Å². The molecule has 1 rings (SSSR count). The minimum atomic E-state index is -1.80. The molecular formula is C2CsN5O4. The van der Waals surface area contributed by atoms with Crippen LogP contribution in [-0.2, 0) is 0 Å². The number of carboxylic acids is 1. The predicted octanol–water partition coefficient (Wildman–Crippen LogP) is -5.92. The summed E-state index contributed by atoms with van der Waals surface area (Å²) >= 11 is 0. The molecule has 0 aliphatic heterocycles. The third-order valence-corrected chi connectivity index (χ3v) is 0.791. The summed E-state index contributed by atoms with van der Waals surface area (Å²) in [5.74, 6) is -2.73. The van der Waals surface area contributed by atoms with E-state index in [0.29, 0.717) is 0 Å². The molecule has 0 aliphatic carbocycles. The van der Waals surface area contributed by atoms with Crippen molar-refractivity contribution >= 4 is 5.97 Å². The molecule has 0 saturated heterocycles. The molecule has 58 valence electrons. The first-order chi connectivity index (χ1) is 5.13. The smallest absolute Gasteiger partial charge is 0.541 e. The number of carboxylic acid groups (broad SMARTS) is 1. The Balaban J connectivity index is 0.00000121. The van der Waals surface area contributed by atoms with Gasteiger partial charge in [-0.05, 0) is 0 Å². The Labute approximate surface area is 124 Å². The van der Waals surface area contributed by atoms with Gasteiger partial charge >= 0.3 is 68.9 Å². The molecule has 1 aromatic heterocycles. The fourth-order valence-electron chi connectivity index (χ4n) is 0.415. The van der Waals surface area contributed by atoms with Crippen molar-refractivity contribution in [3.05, 3.63) is 15.9 Å². The number of aromatic carboxylic acids is 1. The van der Waals surface area contributed by atoms with E-state index in [1.54, 1.807) is 0 Å². The van der Waals surface area contributed by atoms with Crippen LogP contribution in [0.4, 0.5) is 0 Å². The monoisotopic (exact) mass is 291 g/mol. The van der Waals surface area contributed by atoms with Crippen molar-refractivity contribution in [1.82, 2.24) is 20.3 Å². The van der Waals surface area contributed by atoms with E-state index >= 15 is 0 Å². The Kier molecular flexibility index (Phi) is 4.88. The number of carbonyl (C=O) groups excluding carboxylic acids is 1. The van der Waals surface area contributed by atoms with Gasteiger partial charge in [-0.3, -0.25) is 0 Å². The molecule has 0 spiro atoms. The van der Waals surface area contributed by atoms with E-state index in [-0.39, 0.29) is 73.7 Å². The molecule has 9 nitrogen and oxygen atoms in total. The topological polar surface area (TPSA) is 127 Å². The van der Waals surface area contributed by atoms with Crippen LogP contribution in [0.5, 0.6) is 0 Å². The number of aromatic nitrogens is 4. The molecule has 0 fully saturated rings. The van der Waals surface area contributed by atoms with Crippen LogP contribution in [0.2, 0.25) is 0 Å². The first-order valence-electron chi connectivity index (χ1n) is 2.27. The zero-order valence-corrected chi connectivity index (χ0v) is 12.1. The summed E-state index contributed by atoms with van der Waals surface area (Å²) in [5.41, 5.74) is 0. The number of nitro groups is 1. The van der Waals surface area contributed by atoms with Gasteiger partial charge in [0.1, 0.15) is 11.2 Å². The van der Waals surface area contributed by atoms with Gasteiger partial charge in [-0.2, -0.15) is 0 Å². The summed E-state index contributed by atoms with van der Waals surface area (Å²) in [5, 5.41) is 27.2. The van der Waals surface area contributed by atoms with Crippen molar-refractivity contribution in [2.45, 2.75) is 0 Å². The minimum absolute atomic E-state index is 0.